The summed E-state index contributed by atoms with van der Waals surface area (Å²) in [4.78, 5) is 25.4. The second-order valence-corrected chi connectivity index (χ2v) is 9.26. The van der Waals surface area contributed by atoms with Gasteiger partial charge in [0, 0.05) is 20.6 Å². The number of nitrogens with zero attached hydrogens (tertiary/aromatic N) is 3. The molecule has 0 bridgehead atoms. The molecule has 0 atom stereocenters. The third-order valence-electron chi connectivity index (χ3n) is 4.90. The fraction of sp³-hybridized carbons (Fsp3) is 0.333. The van der Waals surface area contributed by atoms with Crippen molar-refractivity contribution >= 4 is 21.1 Å². The molecule has 0 spiro atoms. The van der Waals surface area contributed by atoms with E-state index in [0.717, 1.165) is 9.87 Å². The van der Waals surface area contributed by atoms with E-state index in [1.165, 1.54) is 35.4 Å². The molecule has 0 saturated heterocycles. The molecular formula is C21H25N3O5S. The van der Waals surface area contributed by atoms with Crippen LogP contribution in [0.15, 0.2) is 56.9 Å². The van der Waals surface area contributed by atoms with Crippen LogP contribution in [-0.2, 0) is 23.1 Å². The van der Waals surface area contributed by atoms with Crippen molar-refractivity contribution in [2.75, 3.05) is 20.7 Å². The van der Waals surface area contributed by atoms with Crippen LogP contribution in [-0.4, -0.2) is 42.6 Å². The van der Waals surface area contributed by atoms with Crippen molar-refractivity contribution < 1.29 is 13.2 Å². The minimum Gasteiger partial charge on any atom is -0.492 e. The Morgan fingerprint density at radius 2 is 1.57 bits per heavy atom. The molecular weight excluding hydrogens is 406 g/mol. The number of aromatic nitrogens is 2. The van der Waals surface area contributed by atoms with Crippen molar-refractivity contribution in [3.63, 3.8) is 0 Å². The summed E-state index contributed by atoms with van der Waals surface area (Å²) in [6.45, 7) is 4.28. The van der Waals surface area contributed by atoms with Gasteiger partial charge in [0.25, 0.3) is 0 Å². The first-order valence-corrected chi connectivity index (χ1v) is 11.0. The van der Waals surface area contributed by atoms with Gasteiger partial charge in [-0.25, -0.2) is 12.7 Å². The maximum absolute atomic E-state index is 12.8. The lowest BCUT2D eigenvalue weighted by Crippen LogP contribution is -2.42. The summed E-state index contributed by atoms with van der Waals surface area (Å²) < 4.78 is 34.6. The zero-order valence-corrected chi connectivity index (χ0v) is 18.3. The lowest BCUT2D eigenvalue weighted by molar-refractivity contribution is 0.298. The van der Waals surface area contributed by atoms with Crippen molar-refractivity contribution in [2.45, 2.75) is 31.8 Å². The largest absolute Gasteiger partial charge is 0.492 e. The van der Waals surface area contributed by atoms with Gasteiger partial charge in [-0.1, -0.05) is 17.7 Å². The van der Waals surface area contributed by atoms with E-state index in [0.29, 0.717) is 23.3 Å². The van der Waals surface area contributed by atoms with Crippen molar-refractivity contribution in [1.82, 2.24) is 13.4 Å². The van der Waals surface area contributed by atoms with Gasteiger partial charge < -0.3 is 9.30 Å². The highest BCUT2D eigenvalue weighted by Crippen LogP contribution is 2.20. The standard InChI is InChI=1S/C21H25N3O5S/c1-5-23-18-11-10-17(30(27,28)22(3)4)14-19(18)24(21(26)20(23)25)12-13-29-16-8-6-15(2)7-9-16/h6-11,14H,5,12-13H2,1-4H3. The molecule has 2 aromatic carbocycles. The Bertz CT molecular complexity index is 1290. The zero-order valence-electron chi connectivity index (χ0n) is 17.5. The molecule has 1 aromatic heterocycles. The Balaban J connectivity index is 2.08. The van der Waals surface area contributed by atoms with E-state index in [-0.39, 0.29) is 18.0 Å². The van der Waals surface area contributed by atoms with Crippen LogP contribution in [0.1, 0.15) is 12.5 Å². The Morgan fingerprint density at radius 1 is 0.933 bits per heavy atom. The highest BCUT2D eigenvalue weighted by atomic mass is 32.2. The Morgan fingerprint density at radius 3 is 2.17 bits per heavy atom. The minimum atomic E-state index is -3.70. The quantitative estimate of drug-likeness (QED) is 0.532. The number of ether oxygens (including phenoxy) is 1. The van der Waals surface area contributed by atoms with Crippen molar-refractivity contribution in [1.29, 1.82) is 0 Å². The molecule has 160 valence electrons. The number of benzene rings is 2. The fourth-order valence-electron chi connectivity index (χ4n) is 3.19. The Labute approximate surface area is 175 Å². The normalized spacial score (nSPS) is 11.9. The highest BCUT2D eigenvalue weighted by Gasteiger charge is 2.20. The van der Waals surface area contributed by atoms with E-state index in [9.17, 15) is 18.0 Å². The molecule has 0 unspecified atom stereocenters. The van der Waals surface area contributed by atoms with Crippen LogP contribution in [0, 0.1) is 6.92 Å². The van der Waals surface area contributed by atoms with Crippen LogP contribution in [0.5, 0.6) is 5.75 Å². The lowest BCUT2D eigenvalue weighted by Gasteiger charge is -2.17. The summed E-state index contributed by atoms with van der Waals surface area (Å²) in [5, 5.41) is 0. The van der Waals surface area contributed by atoms with Gasteiger partial charge in [0.2, 0.25) is 10.0 Å². The third kappa shape index (κ3) is 4.03. The molecule has 8 nitrogen and oxygen atoms in total. The molecule has 0 radical (unpaired) electrons. The van der Waals surface area contributed by atoms with Gasteiger partial charge in [0.1, 0.15) is 12.4 Å². The smallest absolute Gasteiger partial charge is 0.317 e. The van der Waals surface area contributed by atoms with Crippen LogP contribution in [0.3, 0.4) is 0 Å². The van der Waals surface area contributed by atoms with Crippen LogP contribution in [0.2, 0.25) is 0 Å². The van der Waals surface area contributed by atoms with Gasteiger partial charge in [-0.05, 0) is 44.2 Å². The van der Waals surface area contributed by atoms with E-state index in [1.807, 2.05) is 31.2 Å². The molecule has 0 aliphatic heterocycles. The van der Waals surface area contributed by atoms with Crippen LogP contribution < -0.4 is 15.9 Å². The Kier molecular flexibility index (Phi) is 6.14. The molecule has 0 amide bonds. The van der Waals surface area contributed by atoms with E-state index in [4.69, 9.17) is 4.74 Å². The van der Waals surface area contributed by atoms with E-state index in [2.05, 4.69) is 0 Å². The molecule has 0 N–H and O–H groups in total. The molecule has 0 saturated carbocycles. The molecule has 0 fully saturated rings. The van der Waals surface area contributed by atoms with Crippen molar-refractivity contribution in [3.8, 4) is 5.75 Å². The topological polar surface area (TPSA) is 90.6 Å². The fourth-order valence-corrected chi connectivity index (χ4v) is 4.12. The van der Waals surface area contributed by atoms with Crippen molar-refractivity contribution in [3.05, 3.63) is 68.7 Å². The average Bonchev–Trinajstić information content (AvgIpc) is 2.72. The summed E-state index contributed by atoms with van der Waals surface area (Å²) in [5.74, 6) is 0.649. The monoisotopic (exact) mass is 431 g/mol. The molecule has 3 aromatic rings. The maximum atomic E-state index is 12.8. The number of sulfonamides is 1. The van der Waals surface area contributed by atoms with Crippen LogP contribution >= 0.6 is 0 Å². The summed E-state index contributed by atoms with van der Waals surface area (Å²) in [6, 6.07) is 11.9. The average molecular weight is 432 g/mol. The molecule has 9 heteroatoms. The number of hydrogen-bond donors (Lipinski definition) is 0. The number of rotatable bonds is 7. The second-order valence-electron chi connectivity index (χ2n) is 7.11. The van der Waals surface area contributed by atoms with E-state index in [1.54, 1.807) is 13.0 Å². The predicted octanol–water partition coefficient (Wildman–Crippen LogP) is 1.82. The number of aryl methyl sites for hydroxylation is 2. The maximum Gasteiger partial charge on any atom is 0.317 e. The zero-order chi connectivity index (χ0) is 22.1. The van der Waals surface area contributed by atoms with Gasteiger partial charge in [0.05, 0.1) is 22.5 Å². The molecule has 3 rings (SSSR count). The molecule has 30 heavy (non-hydrogen) atoms. The van der Waals surface area contributed by atoms with E-state index < -0.39 is 21.1 Å². The summed E-state index contributed by atoms with van der Waals surface area (Å²) >= 11 is 0. The minimum absolute atomic E-state index is 0.0499. The second kappa shape index (κ2) is 8.45. The van der Waals surface area contributed by atoms with Gasteiger partial charge in [-0.15, -0.1) is 0 Å². The summed E-state index contributed by atoms with van der Waals surface area (Å²) in [7, 11) is -0.817. The SMILES string of the molecule is CCn1c(=O)c(=O)n(CCOc2ccc(C)cc2)c2cc(S(=O)(=O)N(C)C)ccc21. The van der Waals surface area contributed by atoms with E-state index >= 15 is 0 Å². The predicted molar refractivity (Wildman–Crippen MR) is 116 cm³/mol. The van der Waals surface area contributed by atoms with Gasteiger partial charge in [-0.3, -0.25) is 14.2 Å². The molecule has 0 aliphatic carbocycles. The number of hydrogen-bond acceptors (Lipinski definition) is 5. The first kappa shape index (κ1) is 21.8. The lowest BCUT2D eigenvalue weighted by atomic mass is 10.2. The molecule has 1 heterocycles. The van der Waals surface area contributed by atoms with Crippen LogP contribution in [0.4, 0.5) is 0 Å². The molecule has 0 aliphatic rings. The first-order chi connectivity index (χ1) is 14.2. The van der Waals surface area contributed by atoms with Crippen LogP contribution in [0.25, 0.3) is 11.0 Å². The third-order valence-corrected chi connectivity index (χ3v) is 6.71. The number of fused-ring (bicyclic) bond motifs is 1. The summed E-state index contributed by atoms with van der Waals surface area (Å²) in [6.07, 6.45) is 0. The van der Waals surface area contributed by atoms with Gasteiger partial charge in [-0.2, -0.15) is 0 Å². The Hall–Kier alpha value is -2.91. The van der Waals surface area contributed by atoms with Gasteiger partial charge >= 0.3 is 11.1 Å². The summed E-state index contributed by atoms with van der Waals surface area (Å²) in [5.41, 5.74) is 0.606. The first-order valence-electron chi connectivity index (χ1n) is 9.56. The van der Waals surface area contributed by atoms with Gasteiger partial charge in [0.15, 0.2) is 0 Å². The highest BCUT2D eigenvalue weighted by molar-refractivity contribution is 7.89. The van der Waals surface area contributed by atoms with Crippen molar-refractivity contribution in [2.24, 2.45) is 0 Å².